The van der Waals surface area contributed by atoms with Gasteiger partial charge in [-0.15, -0.1) is 0 Å². The normalized spacial score (nSPS) is 17.5. The van der Waals surface area contributed by atoms with Crippen LogP contribution in [0.5, 0.6) is 0 Å². The summed E-state index contributed by atoms with van der Waals surface area (Å²) in [5.74, 6) is 0.551. The molecular formula is C14H27NO2. The van der Waals surface area contributed by atoms with Gasteiger partial charge in [0.25, 0.3) is 0 Å². The van der Waals surface area contributed by atoms with E-state index in [1.807, 2.05) is 0 Å². The summed E-state index contributed by atoms with van der Waals surface area (Å²) in [6.45, 7) is 7.60. The molecule has 0 spiro atoms. The zero-order valence-corrected chi connectivity index (χ0v) is 11.7. The first kappa shape index (κ1) is 14.5. The van der Waals surface area contributed by atoms with Gasteiger partial charge in [0.05, 0.1) is 7.11 Å². The van der Waals surface area contributed by atoms with E-state index in [0.717, 1.165) is 25.8 Å². The first-order valence-electron chi connectivity index (χ1n) is 6.93. The Morgan fingerprint density at radius 2 is 2.06 bits per heavy atom. The fraction of sp³-hybridized carbons (Fsp3) is 0.929. The minimum absolute atomic E-state index is 0.0187. The van der Waals surface area contributed by atoms with Crippen LogP contribution in [0.1, 0.15) is 52.9 Å². The lowest BCUT2D eigenvalue weighted by Gasteiger charge is -2.31. The SMILES string of the molecule is CCCCC(C(=O)OC)N(CC(C)C)C1CC1. The van der Waals surface area contributed by atoms with Crippen molar-refractivity contribution >= 4 is 5.97 Å². The zero-order valence-electron chi connectivity index (χ0n) is 11.7. The van der Waals surface area contributed by atoms with E-state index in [1.165, 1.54) is 20.0 Å². The molecule has 3 heteroatoms. The van der Waals surface area contributed by atoms with Gasteiger partial charge < -0.3 is 4.74 Å². The maximum atomic E-state index is 11.9. The summed E-state index contributed by atoms with van der Waals surface area (Å²) in [7, 11) is 1.50. The lowest BCUT2D eigenvalue weighted by atomic mass is 10.1. The molecule has 1 aliphatic rings. The molecule has 0 aliphatic heterocycles. The molecule has 0 N–H and O–H groups in total. The number of nitrogens with zero attached hydrogens (tertiary/aromatic N) is 1. The molecule has 0 bridgehead atoms. The van der Waals surface area contributed by atoms with Crippen molar-refractivity contribution in [1.82, 2.24) is 4.90 Å². The number of methoxy groups -OCH3 is 1. The maximum absolute atomic E-state index is 11.9. The molecule has 0 saturated heterocycles. The van der Waals surface area contributed by atoms with Gasteiger partial charge in [0, 0.05) is 12.6 Å². The largest absolute Gasteiger partial charge is 0.468 e. The highest BCUT2D eigenvalue weighted by atomic mass is 16.5. The van der Waals surface area contributed by atoms with E-state index >= 15 is 0 Å². The molecule has 17 heavy (non-hydrogen) atoms. The van der Waals surface area contributed by atoms with E-state index in [2.05, 4.69) is 25.7 Å². The summed E-state index contributed by atoms with van der Waals surface area (Å²) in [6, 6.07) is 0.605. The molecule has 1 rings (SSSR count). The van der Waals surface area contributed by atoms with Crippen molar-refractivity contribution in [2.45, 2.75) is 65.0 Å². The Bertz CT molecular complexity index is 236. The van der Waals surface area contributed by atoms with E-state index < -0.39 is 0 Å². The highest BCUT2D eigenvalue weighted by Gasteiger charge is 2.37. The molecule has 1 atom stereocenters. The first-order chi connectivity index (χ1) is 8.10. The van der Waals surface area contributed by atoms with Gasteiger partial charge in [-0.25, -0.2) is 0 Å². The lowest BCUT2D eigenvalue weighted by Crippen LogP contribution is -2.45. The van der Waals surface area contributed by atoms with Crippen molar-refractivity contribution in [3.8, 4) is 0 Å². The van der Waals surface area contributed by atoms with Gasteiger partial charge in [-0.2, -0.15) is 0 Å². The second-order valence-electron chi connectivity index (χ2n) is 5.50. The van der Waals surface area contributed by atoms with Crippen LogP contribution in [0.4, 0.5) is 0 Å². The van der Waals surface area contributed by atoms with Crippen LogP contribution in [-0.2, 0) is 9.53 Å². The lowest BCUT2D eigenvalue weighted by molar-refractivity contribution is -0.147. The van der Waals surface area contributed by atoms with Gasteiger partial charge in [-0.3, -0.25) is 9.69 Å². The standard InChI is InChI=1S/C14H27NO2/c1-5-6-7-13(14(16)17-4)15(10-11(2)3)12-8-9-12/h11-13H,5-10H2,1-4H3. The van der Waals surface area contributed by atoms with Gasteiger partial charge in [0.2, 0.25) is 0 Å². The van der Waals surface area contributed by atoms with Crippen molar-refractivity contribution < 1.29 is 9.53 Å². The highest BCUT2D eigenvalue weighted by Crippen LogP contribution is 2.31. The van der Waals surface area contributed by atoms with Crippen LogP contribution in [-0.4, -0.2) is 36.6 Å². The van der Waals surface area contributed by atoms with Gasteiger partial charge in [0.15, 0.2) is 0 Å². The summed E-state index contributed by atoms with van der Waals surface area (Å²) in [5, 5.41) is 0. The molecule has 1 saturated carbocycles. The molecule has 0 radical (unpaired) electrons. The number of carbonyl (C=O) groups is 1. The summed E-state index contributed by atoms with van der Waals surface area (Å²) in [6.07, 6.45) is 5.65. The van der Waals surface area contributed by atoms with Crippen LogP contribution in [0.2, 0.25) is 0 Å². The summed E-state index contributed by atoms with van der Waals surface area (Å²) in [5.41, 5.74) is 0. The third-order valence-corrected chi connectivity index (χ3v) is 3.30. The molecule has 0 aromatic rings. The van der Waals surface area contributed by atoms with Gasteiger partial charge >= 0.3 is 5.97 Å². The van der Waals surface area contributed by atoms with Crippen molar-refractivity contribution in [1.29, 1.82) is 0 Å². The molecule has 0 heterocycles. The molecule has 3 nitrogen and oxygen atoms in total. The maximum Gasteiger partial charge on any atom is 0.323 e. The fourth-order valence-electron chi connectivity index (χ4n) is 2.31. The molecule has 0 amide bonds. The fourth-order valence-corrected chi connectivity index (χ4v) is 2.31. The van der Waals surface area contributed by atoms with Crippen LogP contribution in [0.15, 0.2) is 0 Å². The summed E-state index contributed by atoms with van der Waals surface area (Å²) in [4.78, 5) is 14.3. The minimum Gasteiger partial charge on any atom is -0.468 e. The van der Waals surface area contributed by atoms with Crippen molar-refractivity contribution in [2.24, 2.45) is 5.92 Å². The Morgan fingerprint density at radius 1 is 1.41 bits per heavy atom. The number of hydrogen-bond acceptors (Lipinski definition) is 3. The molecule has 0 aromatic carbocycles. The second-order valence-corrected chi connectivity index (χ2v) is 5.50. The van der Waals surface area contributed by atoms with E-state index in [4.69, 9.17) is 4.74 Å². The van der Waals surface area contributed by atoms with Crippen molar-refractivity contribution in [3.05, 3.63) is 0 Å². The van der Waals surface area contributed by atoms with Crippen molar-refractivity contribution in [3.63, 3.8) is 0 Å². The highest BCUT2D eigenvalue weighted by molar-refractivity contribution is 5.75. The third-order valence-electron chi connectivity index (χ3n) is 3.30. The first-order valence-corrected chi connectivity index (χ1v) is 6.93. The van der Waals surface area contributed by atoms with Crippen LogP contribution in [0.3, 0.4) is 0 Å². The predicted molar refractivity (Wildman–Crippen MR) is 69.9 cm³/mol. The van der Waals surface area contributed by atoms with Gasteiger partial charge in [-0.05, 0) is 25.2 Å². The van der Waals surface area contributed by atoms with Crippen LogP contribution in [0.25, 0.3) is 0 Å². The Labute approximate surface area is 106 Å². The number of esters is 1. The van der Waals surface area contributed by atoms with Crippen LogP contribution < -0.4 is 0 Å². The van der Waals surface area contributed by atoms with E-state index in [9.17, 15) is 4.79 Å². The van der Waals surface area contributed by atoms with Crippen LogP contribution in [0, 0.1) is 5.92 Å². The minimum atomic E-state index is -0.0500. The van der Waals surface area contributed by atoms with Crippen molar-refractivity contribution in [2.75, 3.05) is 13.7 Å². The van der Waals surface area contributed by atoms with Crippen LogP contribution >= 0.6 is 0 Å². The van der Waals surface area contributed by atoms with E-state index in [-0.39, 0.29) is 12.0 Å². The number of rotatable bonds is 8. The number of ether oxygens (including phenoxy) is 1. The third kappa shape index (κ3) is 4.66. The number of carbonyl (C=O) groups excluding carboxylic acids is 1. The van der Waals surface area contributed by atoms with E-state index in [0.29, 0.717) is 12.0 Å². The molecule has 1 aliphatic carbocycles. The Morgan fingerprint density at radius 3 is 2.47 bits per heavy atom. The summed E-state index contributed by atoms with van der Waals surface area (Å²) >= 11 is 0. The summed E-state index contributed by atoms with van der Waals surface area (Å²) < 4.78 is 4.97. The molecule has 100 valence electrons. The molecule has 1 unspecified atom stereocenters. The number of hydrogen-bond donors (Lipinski definition) is 0. The monoisotopic (exact) mass is 241 g/mol. The Kier molecular flexibility index (Phi) is 5.96. The Hall–Kier alpha value is -0.570. The second kappa shape index (κ2) is 7.00. The molecule has 0 aromatic heterocycles. The number of unbranched alkanes of at least 4 members (excludes halogenated alkanes) is 1. The molecular weight excluding hydrogens is 214 g/mol. The van der Waals surface area contributed by atoms with Gasteiger partial charge in [0.1, 0.15) is 6.04 Å². The smallest absolute Gasteiger partial charge is 0.323 e. The van der Waals surface area contributed by atoms with Gasteiger partial charge in [-0.1, -0.05) is 33.6 Å². The topological polar surface area (TPSA) is 29.5 Å². The predicted octanol–water partition coefficient (Wildman–Crippen LogP) is 2.84. The molecule has 1 fully saturated rings. The quantitative estimate of drug-likeness (QED) is 0.612. The Balaban J connectivity index is 2.64. The van der Waals surface area contributed by atoms with E-state index in [1.54, 1.807) is 0 Å². The average molecular weight is 241 g/mol. The average Bonchev–Trinajstić information content (AvgIpc) is 3.10. The zero-order chi connectivity index (χ0) is 12.8.